The largest absolute Gasteiger partial charge is 0.355 e. The summed E-state index contributed by atoms with van der Waals surface area (Å²) in [5, 5.41) is 3.03. The van der Waals surface area contributed by atoms with E-state index in [4.69, 9.17) is 0 Å². The lowest BCUT2D eigenvalue weighted by molar-refractivity contribution is -0.140. The van der Waals surface area contributed by atoms with Crippen molar-refractivity contribution < 1.29 is 9.59 Å². The van der Waals surface area contributed by atoms with Gasteiger partial charge in [0.05, 0.1) is 6.54 Å². The zero-order valence-corrected chi connectivity index (χ0v) is 17.5. The third-order valence-electron chi connectivity index (χ3n) is 6.08. The predicted molar refractivity (Wildman–Crippen MR) is 112 cm³/mol. The van der Waals surface area contributed by atoms with Crippen molar-refractivity contribution in [2.45, 2.75) is 46.0 Å². The molecular weight excluding hydrogens is 350 g/mol. The molecular formula is C23H35N3O2. The summed E-state index contributed by atoms with van der Waals surface area (Å²) in [6, 6.07) is 10.4. The van der Waals surface area contributed by atoms with Gasteiger partial charge in [0.1, 0.15) is 0 Å². The highest BCUT2D eigenvalue weighted by molar-refractivity contribution is 5.78. The summed E-state index contributed by atoms with van der Waals surface area (Å²) in [6.45, 7) is 8.97. The maximum Gasteiger partial charge on any atom is 0.234 e. The molecule has 2 aliphatic heterocycles. The van der Waals surface area contributed by atoms with Gasteiger partial charge in [-0.05, 0) is 43.7 Å². The Labute approximate surface area is 169 Å². The molecule has 1 spiro atoms. The van der Waals surface area contributed by atoms with E-state index >= 15 is 0 Å². The summed E-state index contributed by atoms with van der Waals surface area (Å²) >= 11 is 0. The van der Waals surface area contributed by atoms with Crippen molar-refractivity contribution >= 4 is 11.8 Å². The molecule has 2 fully saturated rings. The molecule has 2 heterocycles. The van der Waals surface area contributed by atoms with Crippen molar-refractivity contribution in [3.05, 3.63) is 35.9 Å². The average Bonchev–Trinajstić information content (AvgIpc) is 2.68. The number of rotatable bonds is 7. The molecule has 28 heavy (non-hydrogen) atoms. The maximum atomic E-state index is 12.5. The van der Waals surface area contributed by atoms with Crippen LogP contribution in [0.4, 0.5) is 0 Å². The minimum Gasteiger partial charge on any atom is -0.355 e. The molecule has 154 valence electrons. The van der Waals surface area contributed by atoms with E-state index < -0.39 is 0 Å². The van der Waals surface area contributed by atoms with Crippen molar-refractivity contribution in [2.75, 3.05) is 39.3 Å². The number of nitrogens with one attached hydrogen (secondary N) is 1. The van der Waals surface area contributed by atoms with E-state index in [2.05, 4.69) is 53.2 Å². The highest BCUT2D eigenvalue weighted by atomic mass is 16.2. The fraction of sp³-hybridized carbons (Fsp3) is 0.652. The molecule has 2 saturated heterocycles. The normalized spacial score (nSPS) is 23.4. The van der Waals surface area contributed by atoms with Crippen LogP contribution in [-0.4, -0.2) is 60.9 Å². The molecule has 0 radical (unpaired) electrons. The summed E-state index contributed by atoms with van der Waals surface area (Å²) in [5.41, 5.74) is 1.43. The highest BCUT2D eigenvalue weighted by Crippen LogP contribution is 2.38. The topological polar surface area (TPSA) is 52.7 Å². The zero-order chi connectivity index (χ0) is 20.0. The SMILES string of the molecule is CC(C)CNC(=O)CN1CCCC2(CCC(=O)N(CCc3ccccc3)C2)C1. The first kappa shape index (κ1) is 20.8. The van der Waals surface area contributed by atoms with Crippen LogP contribution in [0.25, 0.3) is 0 Å². The van der Waals surface area contributed by atoms with Crippen LogP contribution in [-0.2, 0) is 16.0 Å². The minimum absolute atomic E-state index is 0.124. The van der Waals surface area contributed by atoms with Crippen LogP contribution in [0, 0.1) is 11.3 Å². The van der Waals surface area contributed by atoms with Gasteiger partial charge in [-0.2, -0.15) is 0 Å². The molecule has 1 aromatic carbocycles. The molecule has 5 heteroatoms. The Balaban J connectivity index is 1.54. The second-order valence-electron chi connectivity index (χ2n) is 9.06. The molecule has 2 amide bonds. The number of carbonyl (C=O) groups excluding carboxylic acids is 2. The Bertz CT molecular complexity index is 661. The molecule has 1 atom stereocenters. The molecule has 0 bridgehead atoms. The fourth-order valence-electron chi connectivity index (χ4n) is 4.57. The van der Waals surface area contributed by atoms with Gasteiger partial charge in [-0.1, -0.05) is 44.2 Å². The third kappa shape index (κ3) is 5.81. The van der Waals surface area contributed by atoms with Gasteiger partial charge in [-0.25, -0.2) is 0 Å². The van der Waals surface area contributed by atoms with Crippen molar-refractivity contribution in [2.24, 2.45) is 11.3 Å². The molecule has 1 unspecified atom stereocenters. The van der Waals surface area contributed by atoms with E-state index in [1.165, 1.54) is 5.56 Å². The Kier molecular flexibility index (Phi) is 7.11. The lowest BCUT2D eigenvalue weighted by Gasteiger charge is -2.48. The second kappa shape index (κ2) is 9.55. The van der Waals surface area contributed by atoms with E-state index in [9.17, 15) is 9.59 Å². The van der Waals surface area contributed by atoms with E-state index in [0.717, 1.165) is 58.4 Å². The number of nitrogens with zero attached hydrogens (tertiary/aromatic N) is 2. The van der Waals surface area contributed by atoms with E-state index in [1.807, 2.05) is 6.07 Å². The Morgan fingerprint density at radius 3 is 2.71 bits per heavy atom. The summed E-state index contributed by atoms with van der Waals surface area (Å²) in [7, 11) is 0. The molecule has 3 rings (SSSR count). The van der Waals surface area contributed by atoms with Gasteiger partial charge in [0.25, 0.3) is 0 Å². The standard InChI is InChI=1S/C23H35N3O2/c1-19(2)15-24-21(27)16-25-13-6-11-23(17-25)12-9-22(28)26(18-23)14-10-20-7-4-3-5-8-20/h3-5,7-8,19H,6,9-18H2,1-2H3,(H,24,27). The minimum atomic E-state index is 0.124. The van der Waals surface area contributed by atoms with Gasteiger partial charge in [0.15, 0.2) is 0 Å². The quantitative estimate of drug-likeness (QED) is 0.785. The van der Waals surface area contributed by atoms with Gasteiger partial charge in [0, 0.05) is 38.0 Å². The van der Waals surface area contributed by atoms with Gasteiger partial charge < -0.3 is 10.2 Å². The van der Waals surface area contributed by atoms with Crippen molar-refractivity contribution in [1.29, 1.82) is 0 Å². The number of likely N-dealkylation sites (tertiary alicyclic amines) is 2. The van der Waals surface area contributed by atoms with Crippen molar-refractivity contribution in [3.63, 3.8) is 0 Å². The van der Waals surface area contributed by atoms with Gasteiger partial charge in [-0.15, -0.1) is 0 Å². The number of piperidine rings is 2. The van der Waals surface area contributed by atoms with Gasteiger partial charge >= 0.3 is 0 Å². The van der Waals surface area contributed by atoms with Gasteiger partial charge in [0.2, 0.25) is 11.8 Å². The van der Waals surface area contributed by atoms with Crippen LogP contribution in [0.15, 0.2) is 30.3 Å². The summed E-state index contributed by atoms with van der Waals surface area (Å²) in [6.07, 6.45) is 4.77. The van der Waals surface area contributed by atoms with E-state index in [1.54, 1.807) is 0 Å². The summed E-state index contributed by atoms with van der Waals surface area (Å²) in [4.78, 5) is 29.1. The smallest absolute Gasteiger partial charge is 0.234 e. The number of hydrogen-bond donors (Lipinski definition) is 1. The van der Waals surface area contributed by atoms with Crippen LogP contribution in [0.2, 0.25) is 0 Å². The first-order valence-electron chi connectivity index (χ1n) is 10.8. The van der Waals surface area contributed by atoms with Gasteiger partial charge in [-0.3, -0.25) is 14.5 Å². The first-order chi connectivity index (χ1) is 13.5. The average molecular weight is 386 g/mol. The molecule has 0 aliphatic carbocycles. The number of amides is 2. The summed E-state index contributed by atoms with van der Waals surface area (Å²) < 4.78 is 0. The Morgan fingerprint density at radius 2 is 1.96 bits per heavy atom. The fourth-order valence-corrected chi connectivity index (χ4v) is 4.57. The van der Waals surface area contributed by atoms with Crippen LogP contribution in [0.3, 0.4) is 0 Å². The molecule has 1 N–H and O–H groups in total. The number of carbonyl (C=O) groups is 2. The number of hydrogen-bond acceptors (Lipinski definition) is 3. The molecule has 0 aromatic heterocycles. The van der Waals surface area contributed by atoms with Crippen LogP contribution in [0.5, 0.6) is 0 Å². The van der Waals surface area contributed by atoms with Crippen molar-refractivity contribution in [1.82, 2.24) is 15.1 Å². The predicted octanol–water partition coefficient (Wildman–Crippen LogP) is 2.71. The Hall–Kier alpha value is -1.88. The van der Waals surface area contributed by atoms with E-state index in [-0.39, 0.29) is 17.2 Å². The highest BCUT2D eigenvalue weighted by Gasteiger charge is 2.41. The molecule has 2 aliphatic rings. The molecule has 5 nitrogen and oxygen atoms in total. The third-order valence-corrected chi connectivity index (χ3v) is 6.08. The lowest BCUT2D eigenvalue weighted by atomic mass is 9.73. The monoisotopic (exact) mass is 385 g/mol. The zero-order valence-electron chi connectivity index (χ0n) is 17.5. The summed E-state index contributed by atoms with van der Waals surface area (Å²) in [5.74, 6) is 0.881. The second-order valence-corrected chi connectivity index (χ2v) is 9.06. The van der Waals surface area contributed by atoms with Crippen LogP contribution >= 0.6 is 0 Å². The number of benzene rings is 1. The molecule has 1 aromatic rings. The first-order valence-corrected chi connectivity index (χ1v) is 10.8. The van der Waals surface area contributed by atoms with Crippen LogP contribution < -0.4 is 5.32 Å². The molecule has 0 saturated carbocycles. The maximum absolute atomic E-state index is 12.5. The van der Waals surface area contributed by atoms with Crippen molar-refractivity contribution in [3.8, 4) is 0 Å². The lowest BCUT2D eigenvalue weighted by Crippen LogP contribution is -2.55. The Morgan fingerprint density at radius 1 is 1.18 bits per heavy atom. The van der Waals surface area contributed by atoms with E-state index in [0.29, 0.717) is 18.9 Å². The van der Waals surface area contributed by atoms with Crippen LogP contribution in [0.1, 0.15) is 45.1 Å².